The molecule has 0 spiro atoms. The summed E-state index contributed by atoms with van der Waals surface area (Å²) in [4.78, 5) is 2.29. The molecule has 11 heteroatoms. The number of nitrogens with zero attached hydrogens (tertiary/aromatic N) is 1. The fourth-order valence-corrected chi connectivity index (χ4v) is 3.31. The molecule has 8 nitrogen and oxygen atoms in total. The summed E-state index contributed by atoms with van der Waals surface area (Å²) >= 11 is 5.49. The van der Waals surface area contributed by atoms with Gasteiger partial charge in [-0.25, -0.2) is 21.8 Å². The topological polar surface area (TPSA) is 153 Å². The van der Waals surface area contributed by atoms with Gasteiger partial charge in [0.1, 0.15) is 26.1 Å². The molecule has 2 aromatic carbocycles. The molecule has 23 heavy (non-hydrogen) atoms. The Bertz CT molecular complexity index is 1020. The van der Waals surface area contributed by atoms with E-state index in [9.17, 15) is 25.9 Å². The third-order valence-corrected chi connectivity index (χ3v) is 4.80. The zero-order valence-electron chi connectivity index (χ0n) is 11.3. The molecule has 0 unspecified atom stereocenters. The Morgan fingerprint density at radius 1 is 1.09 bits per heavy atom. The van der Waals surface area contributed by atoms with Gasteiger partial charge in [0, 0.05) is 0 Å². The van der Waals surface area contributed by atoms with E-state index < -0.39 is 30.0 Å². The normalized spacial score (nSPS) is 13.4. The minimum Gasteiger partial charge on any atom is -0.744 e. The van der Waals surface area contributed by atoms with Crippen LogP contribution in [0.1, 0.15) is 0 Å². The molecule has 0 amide bonds. The van der Waals surface area contributed by atoms with Crippen LogP contribution >= 0.6 is 11.6 Å². The highest BCUT2D eigenvalue weighted by atomic mass is 35.5. The lowest BCUT2D eigenvalue weighted by Crippen LogP contribution is -2.12. The number of benzene rings is 2. The summed E-state index contributed by atoms with van der Waals surface area (Å²) in [7, 11) is -9.94. The lowest BCUT2D eigenvalue weighted by molar-refractivity contribution is 0.462. The summed E-state index contributed by atoms with van der Waals surface area (Å²) in [6.07, 6.45) is 0. The van der Waals surface area contributed by atoms with E-state index in [1.807, 2.05) is 0 Å². The zero-order valence-corrected chi connectivity index (χ0v) is 13.7. The van der Waals surface area contributed by atoms with Gasteiger partial charge in [0.05, 0.1) is 21.4 Å². The van der Waals surface area contributed by atoms with Gasteiger partial charge in [-0.1, -0.05) is 6.07 Å². The molecule has 124 valence electrons. The van der Waals surface area contributed by atoms with E-state index in [1.165, 1.54) is 18.2 Å². The first-order chi connectivity index (χ1) is 10.5. The van der Waals surface area contributed by atoms with Crippen LogP contribution < -0.4 is 5.73 Å². The third kappa shape index (κ3) is 3.98. The second-order valence-electron chi connectivity index (χ2n) is 4.47. The highest BCUT2D eigenvalue weighted by Gasteiger charge is 2.13. The molecule has 0 saturated carbocycles. The van der Waals surface area contributed by atoms with Gasteiger partial charge in [0.25, 0.3) is 0 Å². The first kappa shape index (κ1) is 17.6. The maximum absolute atomic E-state index is 11.3. The minimum absolute atomic E-state index is 0.0317. The van der Waals surface area contributed by atoms with Crippen molar-refractivity contribution in [2.75, 3.05) is 5.88 Å². The molecular weight excluding hydrogens is 368 g/mol. The summed E-state index contributed by atoms with van der Waals surface area (Å²) in [6.45, 7) is 0. The van der Waals surface area contributed by atoms with E-state index in [0.29, 0.717) is 6.07 Å². The van der Waals surface area contributed by atoms with Crippen molar-refractivity contribution in [2.45, 2.75) is 9.79 Å². The Morgan fingerprint density at radius 2 is 1.74 bits per heavy atom. The van der Waals surface area contributed by atoms with Gasteiger partial charge in [-0.2, -0.15) is 0 Å². The number of amidine groups is 1. The van der Waals surface area contributed by atoms with Crippen LogP contribution in [0.3, 0.4) is 0 Å². The number of aliphatic imine (C=N–C) groups is 1. The van der Waals surface area contributed by atoms with Crippen LogP contribution in [-0.4, -0.2) is 37.7 Å². The molecule has 0 heterocycles. The Hall–Kier alpha value is -1.72. The maximum atomic E-state index is 11.3. The van der Waals surface area contributed by atoms with E-state index in [4.69, 9.17) is 17.3 Å². The Morgan fingerprint density at radius 3 is 2.26 bits per heavy atom. The minimum atomic E-state index is -4.99. The van der Waals surface area contributed by atoms with Gasteiger partial charge in [-0.3, -0.25) is 0 Å². The lowest BCUT2D eigenvalue weighted by Gasteiger charge is -2.15. The molecule has 0 aromatic heterocycles. The largest absolute Gasteiger partial charge is 0.744 e. The SMILES string of the molecule is NC(CCl)=Nc1ccc2c(S(=O)(=O)[O-])cc(S(=O)(=O)[O-])cc2c1. The van der Waals surface area contributed by atoms with E-state index in [2.05, 4.69) is 4.99 Å². The maximum Gasteiger partial charge on any atom is 0.125 e. The summed E-state index contributed by atoms with van der Waals surface area (Å²) in [6, 6.07) is 5.44. The van der Waals surface area contributed by atoms with Gasteiger partial charge in [0.2, 0.25) is 0 Å². The second-order valence-corrected chi connectivity index (χ2v) is 7.47. The van der Waals surface area contributed by atoms with Gasteiger partial charge >= 0.3 is 0 Å². The number of halogens is 1. The number of fused-ring (bicyclic) bond motifs is 1. The lowest BCUT2D eigenvalue weighted by atomic mass is 10.1. The molecule has 0 aliphatic heterocycles. The summed E-state index contributed by atoms with van der Waals surface area (Å²) in [5.41, 5.74) is 5.73. The average molecular weight is 377 g/mol. The highest BCUT2D eigenvalue weighted by molar-refractivity contribution is 7.86. The van der Waals surface area contributed by atoms with Crippen LogP contribution in [0, 0.1) is 0 Å². The molecule has 0 fully saturated rings. The fraction of sp³-hybridized carbons (Fsp3) is 0.0833. The highest BCUT2D eigenvalue weighted by Crippen LogP contribution is 2.30. The molecule has 2 rings (SSSR count). The van der Waals surface area contributed by atoms with Crippen molar-refractivity contribution < 1.29 is 25.9 Å². The van der Waals surface area contributed by atoms with Crippen LogP contribution in [-0.2, 0) is 20.2 Å². The van der Waals surface area contributed by atoms with Crippen molar-refractivity contribution in [1.82, 2.24) is 0 Å². The first-order valence-corrected chi connectivity index (χ1v) is 9.26. The first-order valence-electron chi connectivity index (χ1n) is 5.91. The predicted octanol–water partition coefficient (Wildman–Crippen LogP) is 0.876. The van der Waals surface area contributed by atoms with Crippen molar-refractivity contribution in [3.63, 3.8) is 0 Å². The van der Waals surface area contributed by atoms with E-state index >= 15 is 0 Å². The van der Waals surface area contributed by atoms with Crippen LogP contribution in [0.2, 0.25) is 0 Å². The fourth-order valence-electron chi connectivity index (χ4n) is 1.91. The Labute approximate surface area is 137 Å². The molecule has 0 aliphatic rings. The van der Waals surface area contributed by atoms with Crippen molar-refractivity contribution in [1.29, 1.82) is 0 Å². The van der Waals surface area contributed by atoms with Gasteiger partial charge in [0.15, 0.2) is 0 Å². The molecular formula is C12H9ClN2O6S2-2. The standard InChI is InChI=1S/C12H11ClN2O6S2/c13-6-12(14)15-8-1-2-10-7(3-8)4-9(22(16,17)18)5-11(10)23(19,20)21/h1-5H,6H2,(H2,14,15)(H,16,17,18)(H,19,20,21)/p-2. The molecule has 0 aliphatic carbocycles. The van der Waals surface area contributed by atoms with Crippen LogP contribution in [0.4, 0.5) is 5.69 Å². The van der Waals surface area contributed by atoms with E-state index in [0.717, 1.165) is 6.07 Å². The molecule has 0 saturated heterocycles. The number of rotatable bonds is 4. The number of nitrogens with two attached hydrogens (primary N) is 1. The van der Waals surface area contributed by atoms with Crippen LogP contribution in [0.5, 0.6) is 0 Å². The van der Waals surface area contributed by atoms with Crippen molar-refractivity contribution in [3.05, 3.63) is 30.3 Å². The molecule has 0 atom stereocenters. The Balaban J connectivity index is 2.86. The smallest absolute Gasteiger partial charge is 0.125 e. The predicted molar refractivity (Wildman–Crippen MR) is 81.9 cm³/mol. The van der Waals surface area contributed by atoms with Crippen LogP contribution in [0.15, 0.2) is 45.1 Å². The summed E-state index contributed by atoms with van der Waals surface area (Å²) in [5, 5.41) is 0.00997. The van der Waals surface area contributed by atoms with Gasteiger partial charge in [-0.15, -0.1) is 11.6 Å². The van der Waals surface area contributed by atoms with Crippen molar-refractivity contribution in [3.8, 4) is 0 Å². The van der Waals surface area contributed by atoms with Crippen molar-refractivity contribution in [2.24, 2.45) is 10.7 Å². The van der Waals surface area contributed by atoms with E-state index in [-0.39, 0.29) is 28.2 Å². The summed E-state index contributed by atoms with van der Waals surface area (Å²) in [5.74, 6) is 0.0306. The number of hydrogen-bond donors (Lipinski definition) is 1. The quantitative estimate of drug-likeness (QED) is 0.359. The monoisotopic (exact) mass is 376 g/mol. The number of hydrogen-bond acceptors (Lipinski definition) is 7. The molecule has 2 N–H and O–H groups in total. The average Bonchev–Trinajstić information content (AvgIpc) is 2.43. The molecule has 0 bridgehead atoms. The van der Waals surface area contributed by atoms with E-state index in [1.54, 1.807) is 0 Å². The number of alkyl halides is 1. The van der Waals surface area contributed by atoms with Gasteiger partial charge < -0.3 is 14.8 Å². The Kier molecular flexibility index (Phi) is 4.64. The second kappa shape index (κ2) is 6.06. The third-order valence-electron chi connectivity index (χ3n) is 2.84. The molecule has 2 aromatic rings. The zero-order chi connectivity index (χ0) is 17.4. The van der Waals surface area contributed by atoms with Crippen LogP contribution in [0.25, 0.3) is 10.8 Å². The molecule has 0 radical (unpaired) electrons. The van der Waals surface area contributed by atoms with Crippen molar-refractivity contribution >= 4 is 54.1 Å². The van der Waals surface area contributed by atoms with Gasteiger partial charge in [-0.05, 0) is 35.0 Å². The summed E-state index contributed by atoms with van der Waals surface area (Å²) < 4.78 is 67.4.